The van der Waals surface area contributed by atoms with E-state index < -0.39 is 48.1 Å². The zero-order valence-corrected chi connectivity index (χ0v) is 25.7. The molecule has 4 N–H and O–H groups in total. The number of pyridine rings is 1. The number of carboxylic acid groups (broad SMARTS) is 3. The van der Waals surface area contributed by atoms with Crippen molar-refractivity contribution < 1.29 is 78.7 Å². The fourth-order valence-corrected chi connectivity index (χ4v) is 4.45. The summed E-state index contributed by atoms with van der Waals surface area (Å²) in [6.45, 7) is 3.20. The Morgan fingerprint density at radius 1 is 0.804 bits per heavy atom. The number of carbonyl (C=O) groups excluding carboxylic acids is 1. The van der Waals surface area contributed by atoms with Crippen molar-refractivity contribution in [1.82, 2.24) is 19.4 Å². The predicted octanol–water partition coefficient (Wildman–Crippen LogP) is 4.71. The molecule has 2 aliphatic heterocycles. The molecule has 2 aromatic heterocycles. The van der Waals surface area contributed by atoms with Gasteiger partial charge >= 0.3 is 36.4 Å². The number of halogens is 9. The van der Waals surface area contributed by atoms with Crippen LogP contribution in [0.5, 0.6) is 0 Å². The minimum Gasteiger partial charge on any atom is -0.475 e. The Kier molecular flexibility index (Phi) is 14.5. The first-order valence-electron chi connectivity index (χ1n) is 14.1. The number of carbonyl (C=O) groups is 4. The van der Waals surface area contributed by atoms with Gasteiger partial charge in [0.1, 0.15) is 11.4 Å². The lowest BCUT2D eigenvalue weighted by molar-refractivity contribution is -0.193. The highest BCUT2D eigenvalue weighted by Crippen LogP contribution is 2.40. The van der Waals surface area contributed by atoms with Crippen LogP contribution in [0.2, 0.25) is 0 Å². The number of rotatable bonds is 4. The van der Waals surface area contributed by atoms with Gasteiger partial charge in [-0.1, -0.05) is 30.3 Å². The van der Waals surface area contributed by atoms with Gasteiger partial charge in [-0.15, -0.1) is 0 Å². The van der Waals surface area contributed by atoms with E-state index in [0.29, 0.717) is 12.2 Å². The summed E-state index contributed by atoms with van der Waals surface area (Å²) in [6, 6.07) is 14.1. The van der Waals surface area contributed by atoms with Crippen molar-refractivity contribution in [3.63, 3.8) is 0 Å². The minimum atomic E-state index is -5.08. The van der Waals surface area contributed by atoms with Gasteiger partial charge in [-0.05, 0) is 30.5 Å². The van der Waals surface area contributed by atoms with Crippen molar-refractivity contribution in [1.29, 1.82) is 0 Å². The summed E-state index contributed by atoms with van der Waals surface area (Å²) in [6.07, 6.45) is -7.11. The molecule has 280 valence electrons. The molecule has 22 heteroatoms. The summed E-state index contributed by atoms with van der Waals surface area (Å²) < 4.78 is 104. The number of hydrogen-bond donors (Lipinski definition) is 4. The number of benzene rings is 1. The number of piperidine rings is 1. The first-order valence-corrected chi connectivity index (χ1v) is 14.1. The molecule has 1 saturated heterocycles. The molecular formula is C29H28F9N5O8. The maximum atomic E-state index is 12.9. The van der Waals surface area contributed by atoms with E-state index in [1.165, 1.54) is 5.56 Å². The summed E-state index contributed by atoms with van der Waals surface area (Å²) in [4.78, 5) is 50.7. The molecule has 0 bridgehead atoms. The third-order valence-electron chi connectivity index (χ3n) is 6.72. The van der Waals surface area contributed by atoms with E-state index in [1.54, 1.807) is 24.7 Å². The lowest BCUT2D eigenvalue weighted by Crippen LogP contribution is -2.53. The molecule has 1 amide bonds. The Labute approximate surface area is 281 Å². The van der Waals surface area contributed by atoms with Gasteiger partial charge in [0.25, 0.3) is 5.91 Å². The number of hydrogen-bond acceptors (Lipinski definition) is 8. The van der Waals surface area contributed by atoms with Crippen LogP contribution in [0.1, 0.15) is 24.2 Å². The maximum absolute atomic E-state index is 12.9. The zero-order chi connectivity index (χ0) is 38.6. The monoisotopic (exact) mass is 745 g/mol. The van der Waals surface area contributed by atoms with E-state index in [2.05, 4.69) is 49.0 Å². The van der Waals surface area contributed by atoms with E-state index >= 15 is 0 Å². The number of imidazole rings is 1. The molecule has 13 nitrogen and oxygen atoms in total. The smallest absolute Gasteiger partial charge is 0.475 e. The molecule has 2 aliphatic rings. The van der Waals surface area contributed by atoms with Gasteiger partial charge in [0, 0.05) is 38.2 Å². The number of anilines is 1. The minimum absolute atomic E-state index is 0.145. The van der Waals surface area contributed by atoms with E-state index in [0.717, 1.165) is 38.3 Å². The van der Waals surface area contributed by atoms with Crippen LogP contribution in [-0.4, -0.2) is 96.3 Å². The zero-order valence-electron chi connectivity index (χ0n) is 25.7. The van der Waals surface area contributed by atoms with Crippen LogP contribution < -0.4 is 5.32 Å². The first-order chi connectivity index (χ1) is 23.5. The molecule has 1 fully saturated rings. The second kappa shape index (κ2) is 17.6. The fraction of sp³-hybridized carbons (Fsp3) is 0.379. The van der Waals surface area contributed by atoms with Gasteiger partial charge < -0.3 is 29.9 Å². The number of alkyl halides is 9. The highest BCUT2D eigenvalue weighted by atomic mass is 19.4. The van der Waals surface area contributed by atoms with Crippen molar-refractivity contribution in [3.05, 3.63) is 78.6 Å². The number of aliphatic carboxylic acids is 3. The highest BCUT2D eigenvalue weighted by Gasteiger charge is 2.47. The van der Waals surface area contributed by atoms with E-state index in [-0.39, 0.29) is 5.91 Å². The van der Waals surface area contributed by atoms with Crippen LogP contribution in [0.25, 0.3) is 0 Å². The largest absolute Gasteiger partial charge is 0.490 e. The molecule has 1 spiro atoms. The van der Waals surface area contributed by atoms with Crippen LogP contribution in [-0.2, 0) is 42.6 Å². The topological polar surface area (TPSA) is 184 Å². The van der Waals surface area contributed by atoms with Crippen LogP contribution in [0.3, 0.4) is 0 Å². The van der Waals surface area contributed by atoms with Gasteiger partial charge in [0.15, 0.2) is 6.10 Å². The Balaban J connectivity index is 0.000000352. The van der Waals surface area contributed by atoms with Gasteiger partial charge in [0.2, 0.25) is 0 Å². The number of likely N-dealkylation sites (tertiary alicyclic amines) is 1. The average Bonchev–Trinajstić information content (AvgIpc) is 3.53. The molecule has 51 heavy (non-hydrogen) atoms. The van der Waals surface area contributed by atoms with Crippen molar-refractivity contribution in [3.8, 4) is 0 Å². The fourth-order valence-electron chi connectivity index (χ4n) is 4.45. The molecule has 0 radical (unpaired) electrons. The molecule has 1 aromatic carbocycles. The molecule has 0 aliphatic carbocycles. The second-order valence-corrected chi connectivity index (χ2v) is 10.4. The highest BCUT2D eigenvalue weighted by molar-refractivity contribution is 5.94. The molecular weight excluding hydrogens is 717 g/mol. The third-order valence-corrected chi connectivity index (χ3v) is 6.72. The first kappa shape index (κ1) is 41.9. The van der Waals surface area contributed by atoms with Crippen molar-refractivity contribution in [2.45, 2.75) is 56.2 Å². The second-order valence-electron chi connectivity index (χ2n) is 10.4. The number of carboxylic acids is 3. The predicted molar refractivity (Wildman–Crippen MR) is 154 cm³/mol. The average molecular weight is 746 g/mol. The number of nitrogens with one attached hydrogen (secondary N) is 1. The maximum Gasteiger partial charge on any atom is 0.490 e. The Morgan fingerprint density at radius 2 is 1.31 bits per heavy atom. The van der Waals surface area contributed by atoms with Gasteiger partial charge in [0.05, 0.1) is 18.4 Å². The van der Waals surface area contributed by atoms with Crippen molar-refractivity contribution in [2.75, 3.05) is 18.4 Å². The molecule has 0 saturated carbocycles. The van der Waals surface area contributed by atoms with Crippen molar-refractivity contribution in [2.24, 2.45) is 0 Å². The summed E-state index contributed by atoms with van der Waals surface area (Å²) in [5.74, 6) is -7.48. The number of fused-ring (bicyclic) bond motifs is 2. The van der Waals surface area contributed by atoms with Crippen LogP contribution >= 0.6 is 0 Å². The van der Waals surface area contributed by atoms with Crippen LogP contribution in [0, 0.1) is 0 Å². The molecule has 5 rings (SSSR count). The Hall–Kier alpha value is -5.25. The summed E-state index contributed by atoms with van der Waals surface area (Å²) in [7, 11) is 0. The summed E-state index contributed by atoms with van der Waals surface area (Å²) in [5.41, 5.74) is 1.47. The van der Waals surface area contributed by atoms with Crippen molar-refractivity contribution >= 4 is 29.5 Å². The van der Waals surface area contributed by atoms with E-state index in [4.69, 9.17) is 34.4 Å². The summed E-state index contributed by atoms with van der Waals surface area (Å²) >= 11 is 0. The van der Waals surface area contributed by atoms with Gasteiger partial charge in [-0.3, -0.25) is 14.7 Å². The Bertz CT molecular complexity index is 1540. The lowest BCUT2D eigenvalue weighted by atomic mass is 9.88. The molecule has 1 atom stereocenters. The lowest BCUT2D eigenvalue weighted by Gasteiger charge is -2.45. The number of aromatic nitrogens is 3. The quantitative estimate of drug-likeness (QED) is 0.272. The number of amides is 1. The number of nitrogens with zero attached hydrogens (tertiary/aromatic N) is 4. The van der Waals surface area contributed by atoms with E-state index in [1.807, 2.05) is 18.3 Å². The van der Waals surface area contributed by atoms with Gasteiger partial charge in [-0.25, -0.2) is 19.4 Å². The summed E-state index contributed by atoms with van der Waals surface area (Å²) in [5, 5.41) is 24.3. The van der Waals surface area contributed by atoms with Crippen LogP contribution in [0.15, 0.2) is 67.3 Å². The van der Waals surface area contributed by atoms with Gasteiger partial charge in [-0.2, -0.15) is 39.5 Å². The molecule has 4 heterocycles. The van der Waals surface area contributed by atoms with Crippen LogP contribution in [0.4, 0.5) is 45.2 Å². The number of ether oxygens (including phenoxy) is 1. The Morgan fingerprint density at radius 3 is 1.76 bits per heavy atom. The molecule has 3 aromatic rings. The standard InChI is InChI=1S/C23H25N5O2.3C2HF3O2/c29-21(26-19-7-4-10-24-15-19)20-17-28-14-11-25-22(28)23(30-20)8-12-27(13-9-23)16-18-5-2-1-3-6-18;3*3-2(4,5)1(6)7/h1-7,10-11,14-15,20H,8-9,12-13,16-17H2,(H,26,29);3*(H,6,7). The molecule has 1 unspecified atom stereocenters. The van der Waals surface area contributed by atoms with E-state index in [9.17, 15) is 44.3 Å². The normalized spacial score (nSPS) is 16.8. The third kappa shape index (κ3) is 13.5. The SMILES string of the molecule is O=C(Nc1cccnc1)C1Cn2ccnc2C2(CCN(Cc3ccccc3)CC2)O1.O=C(O)C(F)(F)F.O=C(O)C(F)(F)F.O=C(O)C(F)(F)F.